The number of nitrogens with zero attached hydrogens (tertiary/aromatic N) is 4. The van der Waals surface area contributed by atoms with Crippen molar-refractivity contribution in [1.82, 2.24) is 14.8 Å². The Morgan fingerprint density at radius 2 is 1.84 bits per heavy atom. The first-order chi connectivity index (χ1) is 12.1. The van der Waals surface area contributed by atoms with E-state index in [4.69, 9.17) is 0 Å². The van der Waals surface area contributed by atoms with Gasteiger partial charge >= 0.3 is 0 Å². The van der Waals surface area contributed by atoms with Crippen LogP contribution in [0.1, 0.15) is 21.5 Å². The van der Waals surface area contributed by atoms with E-state index in [0.29, 0.717) is 24.2 Å². The van der Waals surface area contributed by atoms with Crippen LogP contribution in [0, 0.1) is 17.0 Å². The number of carbonyl (C=O) groups excluding carboxylic acids is 1. The lowest BCUT2D eigenvalue weighted by molar-refractivity contribution is -0.385. The van der Waals surface area contributed by atoms with E-state index < -0.39 is 4.92 Å². The highest BCUT2D eigenvalue weighted by atomic mass is 16.6. The van der Waals surface area contributed by atoms with Gasteiger partial charge in [-0.1, -0.05) is 6.07 Å². The average Bonchev–Trinajstić information content (AvgIpc) is 2.62. The summed E-state index contributed by atoms with van der Waals surface area (Å²) in [7, 11) is 0. The minimum Gasteiger partial charge on any atom is -0.336 e. The second-order valence-corrected chi connectivity index (χ2v) is 6.13. The minimum atomic E-state index is -0.446. The Kier molecular flexibility index (Phi) is 5.04. The standard InChI is InChI=1S/C18H20N4O3/c1-14-16(3-2-4-17(14)22(24)25)18(23)21-11-9-20(10-12-21)13-15-5-7-19-8-6-15/h2-8H,9-13H2,1H3. The third-order valence-electron chi connectivity index (χ3n) is 4.55. The van der Waals surface area contributed by atoms with Crippen molar-refractivity contribution in [3.8, 4) is 0 Å². The van der Waals surface area contributed by atoms with Crippen LogP contribution in [0.4, 0.5) is 5.69 Å². The molecule has 1 saturated heterocycles. The number of piperazine rings is 1. The van der Waals surface area contributed by atoms with Crippen molar-refractivity contribution >= 4 is 11.6 Å². The van der Waals surface area contributed by atoms with Gasteiger partial charge in [0.25, 0.3) is 11.6 Å². The van der Waals surface area contributed by atoms with Gasteiger partial charge in [-0.15, -0.1) is 0 Å². The van der Waals surface area contributed by atoms with Gasteiger partial charge < -0.3 is 4.90 Å². The van der Waals surface area contributed by atoms with Crippen LogP contribution in [-0.2, 0) is 6.54 Å². The zero-order chi connectivity index (χ0) is 17.8. The van der Waals surface area contributed by atoms with Gasteiger partial charge in [0.1, 0.15) is 0 Å². The number of hydrogen-bond acceptors (Lipinski definition) is 5. The maximum atomic E-state index is 12.7. The van der Waals surface area contributed by atoms with E-state index in [2.05, 4.69) is 9.88 Å². The summed E-state index contributed by atoms with van der Waals surface area (Å²) < 4.78 is 0. The van der Waals surface area contributed by atoms with Gasteiger partial charge in [0.05, 0.1) is 4.92 Å². The molecule has 1 aliphatic heterocycles. The number of pyridine rings is 1. The highest BCUT2D eigenvalue weighted by Gasteiger charge is 2.25. The molecule has 1 fully saturated rings. The molecule has 0 spiro atoms. The minimum absolute atomic E-state index is 0.0119. The summed E-state index contributed by atoms with van der Waals surface area (Å²) in [6, 6.07) is 8.64. The predicted octanol–water partition coefficient (Wildman–Crippen LogP) is 2.26. The Labute approximate surface area is 146 Å². The van der Waals surface area contributed by atoms with Crippen molar-refractivity contribution in [2.24, 2.45) is 0 Å². The van der Waals surface area contributed by atoms with E-state index in [1.54, 1.807) is 36.4 Å². The van der Waals surface area contributed by atoms with Crippen LogP contribution >= 0.6 is 0 Å². The number of aromatic nitrogens is 1. The maximum Gasteiger partial charge on any atom is 0.273 e. The van der Waals surface area contributed by atoms with Gasteiger partial charge in [0, 0.05) is 62.3 Å². The van der Waals surface area contributed by atoms with Crippen LogP contribution in [-0.4, -0.2) is 51.8 Å². The first-order valence-electron chi connectivity index (χ1n) is 8.21. The molecule has 130 valence electrons. The van der Waals surface area contributed by atoms with Gasteiger partial charge in [-0.3, -0.25) is 24.8 Å². The fraction of sp³-hybridized carbons (Fsp3) is 0.333. The third-order valence-corrected chi connectivity index (χ3v) is 4.55. The smallest absolute Gasteiger partial charge is 0.273 e. The Morgan fingerprint density at radius 3 is 2.48 bits per heavy atom. The molecule has 7 nitrogen and oxygen atoms in total. The lowest BCUT2D eigenvalue weighted by Crippen LogP contribution is -2.48. The number of rotatable bonds is 4. The molecule has 0 N–H and O–H groups in total. The zero-order valence-electron chi connectivity index (χ0n) is 14.1. The molecular formula is C18H20N4O3. The molecule has 0 radical (unpaired) electrons. The fourth-order valence-electron chi connectivity index (χ4n) is 3.08. The molecule has 0 unspecified atom stereocenters. The molecule has 0 bridgehead atoms. The number of amides is 1. The summed E-state index contributed by atoms with van der Waals surface area (Å²) >= 11 is 0. The second-order valence-electron chi connectivity index (χ2n) is 6.13. The SMILES string of the molecule is Cc1c(C(=O)N2CCN(Cc3ccncc3)CC2)cccc1[N+](=O)[O-]. The zero-order valence-corrected chi connectivity index (χ0v) is 14.1. The van der Waals surface area contributed by atoms with Gasteiger partial charge in [0.15, 0.2) is 0 Å². The molecular weight excluding hydrogens is 320 g/mol. The summed E-state index contributed by atoms with van der Waals surface area (Å²) in [5.74, 6) is -0.134. The van der Waals surface area contributed by atoms with E-state index in [9.17, 15) is 14.9 Å². The van der Waals surface area contributed by atoms with E-state index in [1.807, 2.05) is 12.1 Å². The molecule has 2 heterocycles. The van der Waals surface area contributed by atoms with E-state index in [0.717, 1.165) is 19.6 Å². The molecule has 1 aromatic heterocycles. The van der Waals surface area contributed by atoms with Crippen molar-refractivity contribution < 1.29 is 9.72 Å². The number of hydrogen-bond donors (Lipinski definition) is 0. The highest BCUT2D eigenvalue weighted by molar-refractivity contribution is 5.96. The lowest BCUT2D eigenvalue weighted by Gasteiger charge is -2.35. The monoisotopic (exact) mass is 340 g/mol. The first kappa shape index (κ1) is 17.0. The molecule has 0 atom stereocenters. The second kappa shape index (κ2) is 7.40. The normalized spacial score (nSPS) is 15.2. The van der Waals surface area contributed by atoms with E-state index >= 15 is 0 Å². The number of carbonyl (C=O) groups is 1. The van der Waals surface area contributed by atoms with Gasteiger partial charge in [-0.2, -0.15) is 0 Å². The number of nitro groups is 1. The Hall–Kier alpha value is -2.80. The first-order valence-corrected chi connectivity index (χ1v) is 8.21. The predicted molar refractivity (Wildman–Crippen MR) is 93.3 cm³/mol. The molecule has 1 amide bonds. The molecule has 1 aliphatic rings. The van der Waals surface area contributed by atoms with Crippen LogP contribution in [0.5, 0.6) is 0 Å². The largest absolute Gasteiger partial charge is 0.336 e. The van der Waals surface area contributed by atoms with E-state index in [-0.39, 0.29) is 11.6 Å². The van der Waals surface area contributed by atoms with Crippen LogP contribution in [0.15, 0.2) is 42.7 Å². The maximum absolute atomic E-state index is 12.7. The molecule has 0 saturated carbocycles. The third kappa shape index (κ3) is 3.83. The molecule has 2 aromatic rings. The summed E-state index contributed by atoms with van der Waals surface area (Å²) in [6.45, 7) is 5.26. The molecule has 3 rings (SSSR count). The summed E-state index contributed by atoms with van der Waals surface area (Å²) in [6.07, 6.45) is 3.56. The number of benzene rings is 1. The summed E-state index contributed by atoms with van der Waals surface area (Å²) in [5.41, 5.74) is 2.03. The van der Waals surface area contributed by atoms with Crippen LogP contribution in [0.25, 0.3) is 0 Å². The van der Waals surface area contributed by atoms with Crippen molar-refractivity contribution in [2.75, 3.05) is 26.2 Å². The molecule has 25 heavy (non-hydrogen) atoms. The molecule has 7 heteroatoms. The average molecular weight is 340 g/mol. The Balaban J connectivity index is 1.64. The Bertz CT molecular complexity index is 771. The van der Waals surface area contributed by atoms with E-state index in [1.165, 1.54) is 11.6 Å². The fourth-order valence-corrected chi connectivity index (χ4v) is 3.08. The van der Waals surface area contributed by atoms with Crippen LogP contribution < -0.4 is 0 Å². The van der Waals surface area contributed by atoms with Crippen LogP contribution in [0.2, 0.25) is 0 Å². The summed E-state index contributed by atoms with van der Waals surface area (Å²) in [5, 5.41) is 11.1. The van der Waals surface area contributed by atoms with Crippen LogP contribution in [0.3, 0.4) is 0 Å². The van der Waals surface area contributed by atoms with Gasteiger partial charge in [-0.25, -0.2) is 0 Å². The van der Waals surface area contributed by atoms with Gasteiger partial charge in [-0.05, 0) is 30.7 Å². The Morgan fingerprint density at radius 1 is 1.16 bits per heavy atom. The quantitative estimate of drug-likeness (QED) is 0.630. The molecule has 1 aromatic carbocycles. The van der Waals surface area contributed by atoms with Gasteiger partial charge in [0.2, 0.25) is 0 Å². The highest BCUT2D eigenvalue weighted by Crippen LogP contribution is 2.23. The van der Waals surface area contributed by atoms with Crippen molar-refractivity contribution in [3.63, 3.8) is 0 Å². The topological polar surface area (TPSA) is 79.6 Å². The van der Waals surface area contributed by atoms with Crippen molar-refractivity contribution in [1.29, 1.82) is 0 Å². The summed E-state index contributed by atoms with van der Waals surface area (Å²) in [4.78, 5) is 31.4. The van der Waals surface area contributed by atoms with Crippen molar-refractivity contribution in [3.05, 3.63) is 69.5 Å². The number of nitro benzene ring substituents is 1. The van der Waals surface area contributed by atoms with Crippen molar-refractivity contribution in [2.45, 2.75) is 13.5 Å². The molecule has 0 aliphatic carbocycles. The lowest BCUT2D eigenvalue weighted by atomic mass is 10.1.